The van der Waals surface area contributed by atoms with Gasteiger partial charge in [0, 0.05) is 13.1 Å². The molecular weight excluding hydrogens is 436 g/mol. The Morgan fingerprint density at radius 2 is 1.45 bits per heavy atom. The summed E-state index contributed by atoms with van der Waals surface area (Å²) >= 11 is 12.0. The highest BCUT2D eigenvalue weighted by Crippen LogP contribution is 2.30. The molecule has 0 amide bonds. The maximum absolute atomic E-state index is 12.9. The van der Waals surface area contributed by atoms with Crippen molar-refractivity contribution in [3.8, 4) is 11.5 Å². The Morgan fingerprint density at radius 1 is 0.793 bits per heavy atom. The summed E-state index contributed by atoms with van der Waals surface area (Å²) in [4.78, 5) is 0. The van der Waals surface area contributed by atoms with E-state index in [-0.39, 0.29) is 18.2 Å². The topological polar surface area (TPSA) is 30.5 Å². The van der Waals surface area contributed by atoms with Crippen molar-refractivity contribution in [1.82, 2.24) is 5.32 Å². The van der Waals surface area contributed by atoms with Gasteiger partial charge in [0.2, 0.25) is 0 Å². The summed E-state index contributed by atoms with van der Waals surface area (Å²) in [6.07, 6.45) is 0. The van der Waals surface area contributed by atoms with Crippen molar-refractivity contribution in [2.24, 2.45) is 0 Å². The van der Waals surface area contributed by atoms with Crippen molar-refractivity contribution in [1.29, 1.82) is 0 Å². The van der Waals surface area contributed by atoms with E-state index < -0.39 is 0 Å². The fraction of sp³-hybridized carbons (Fsp3) is 0.182. The van der Waals surface area contributed by atoms with Crippen LogP contribution in [0.15, 0.2) is 60.7 Å². The number of benzene rings is 3. The summed E-state index contributed by atoms with van der Waals surface area (Å²) in [7, 11) is 1.61. The van der Waals surface area contributed by atoms with Crippen LogP contribution in [0, 0.1) is 5.82 Å². The highest BCUT2D eigenvalue weighted by molar-refractivity contribution is 6.42. The highest BCUT2D eigenvalue weighted by atomic mass is 35.5. The minimum Gasteiger partial charge on any atom is -0.493 e. The van der Waals surface area contributed by atoms with Gasteiger partial charge in [-0.05, 0) is 53.1 Å². The molecule has 0 aliphatic carbocycles. The number of halogens is 4. The Morgan fingerprint density at radius 3 is 2.14 bits per heavy atom. The monoisotopic (exact) mass is 455 g/mol. The van der Waals surface area contributed by atoms with Gasteiger partial charge in [0.05, 0.1) is 17.2 Å². The first-order valence-electron chi connectivity index (χ1n) is 8.74. The fourth-order valence-corrected chi connectivity index (χ4v) is 3.01. The van der Waals surface area contributed by atoms with Crippen LogP contribution in [0.5, 0.6) is 11.5 Å². The molecule has 0 unspecified atom stereocenters. The summed E-state index contributed by atoms with van der Waals surface area (Å²) in [5.74, 6) is 1.07. The number of methoxy groups -OCH3 is 1. The van der Waals surface area contributed by atoms with Crippen molar-refractivity contribution in [2.75, 3.05) is 7.11 Å². The molecule has 3 nitrogen and oxygen atoms in total. The van der Waals surface area contributed by atoms with Crippen LogP contribution < -0.4 is 14.8 Å². The van der Waals surface area contributed by atoms with Gasteiger partial charge in [0.15, 0.2) is 11.5 Å². The second-order valence-corrected chi connectivity index (χ2v) is 7.07. The Balaban J connectivity index is 0.00000300. The number of hydrogen-bond donors (Lipinski definition) is 1. The molecule has 7 heteroatoms. The first-order chi connectivity index (χ1) is 13.5. The number of rotatable bonds is 8. The van der Waals surface area contributed by atoms with E-state index in [2.05, 4.69) is 5.32 Å². The predicted molar refractivity (Wildman–Crippen MR) is 118 cm³/mol. The van der Waals surface area contributed by atoms with Crippen LogP contribution in [0.25, 0.3) is 0 Å². The second kappa shape index (κ2) is 11.3. The zero-order valence-electron chi connectivity index (χ0n) is 15.8. The standard InChI is InChI=1S/C22H20Cl2FNO2.ClH/c1-27-22-11-16(13-26-12-15-2-6-18(25)7-3-15)5-9-21(22)28-14-17-4-8-19(23)20(24)10-17;/h2-11,26H,12-14H2,1H3;1H. The molecule has 3 rings (SSSR count). The quantitative estimate of drug-likeness (QED) is 0.423. The third kappa shape index (κ3) is 6.79. The van der Waals surface area contributed by atoms with Crippen LogP contribution in [-0.2, 0) is 19.7 Å². The SMILES string of the molecule is COc1cc(CNCc2ccc(F)cc2)ccc1OCc1ccc(Cl)c(Cl)c1.Cl. The molecule has 0 aliphatic rings. The van der Waals surface area contributed by atoms with Gasteiger partial charge in [-0.1, -0.05) is 47.5 Å². The van der Waals surface area contributed by atoms with Crippen LogP contribution in [-0.4, -0.2) is 7.11 Å². The van der Waals surface area contributed by atoms with Gasteiger partial charge in [-0.15, -0.1) is 12.4 Å². The lowest BCUT2D eigenvalue weighted by Gasteiger charge is -2.13. The van der Waals surface area contributed by atoms with Gasteiger partial charge in [-0.2, -0.15) is 0 Å². The second-order valence-electron chi connectivity index (χ2n) is 6.25. The molecule has 3 aromatic rings. The summed E-state index contributed by atoms with van der Waals surface area (Å²) in [5, 5.41) is 4.34. The van der Waals surface area contributed by atoms with Crippen LogP contribution in [0.3, 0.4) is 0 Å². The summed E-state index contributed by atoms with van der Waals surface area (Å²) in [6.45, 7) is 1.66. The lowest BCUT2D eigenvalue weighted by Crippen LogP contribution is -2.12. The maximum Gasteiger partial charge on any atom is 0.161 e. The Labute approximate surface area is 186 Å². The third-order valence-corrected chi connectivity index (χ3v) is 4.92. The van der Waals surface area contributed by atoms with E-state index in [1.165, 1.54) is 12.1 Å². The van der Waals surface area contributed by atoms with Crippen molar-refractivity contribution >= 4 is 35.6 Å². The maximum atomic E-state index is 12.9. The summed E-state index contributed by atoms with van der Waals surface area (Å²) in [5.41, 5.74) is 3.00. The van der Waals surface area contributed by atoms with E-state index in [9.17, 15) is 4.39 Å². The molecular formula is C22H21Cl3FNO2. The van der Waals surface area contributed by atoms with Crippen LogP contribution in [0.4, 0.5) is 4.39 Å². The molecule has 0 saturated heterocycles. The fourth-order valence-electron chi connectivity index (χ4n) is 2.69. The van der Waals surface area contributed by atoms with Crippen LogP contribution in [0.2, 0.25) is 10.0 Å². The minimum atomic E-state index is -0.232. The van der Waals surface area contributed by atoms with E-state index in [0.29, 0.717) is 41.2 Å². The molecule has 0 spiro atoms. The average molecular weight is 457 g/mol. The Hall–Kier alpha value is -1.98. The van der Waals surface area contributed by atoms with Crippen molar-refractivity contribution in [3.63, 3.8) is 0 Å². The lowest BCUT2D eigenvalue weighted by molar-refractivity contribution is 0.284. The molecule has 0 heterocycles. The minimum absolute atomic E-state index is 0. The molecule has 0 radical (unpaired) electrons. The first-order valence-corrected chi connectivity index (χ1v) is 9.49. The van der Waals surface area contributed by atoms with Gasteiger partial charge in [0.25, 0.3) is 0 Å². The van der Waals surface area contributed by atoms with Gasteiger partial charge < -0.3 is 14.8 Å². The molecule has 1 N–H and O–H groups in total. The highest BCUT2D eigenvalue weighted by Gasteiger charge is 2.07. The van der Waals surface area contributed by atoms with E-state index in [0.717, 1.165) is 16.7 Å². The third-order valence-electron chi connectivity index (χ3n) is 4.18. The molecule has 0 atom stereocenters. The molecule has 154 valence electrons. The lowest BCUT2D eigenvalue weighted by atomic mass is 10.2. The molecule has 3 aromatic carbocycles. The van der Waals surface area contributed by atoms with Gasteiger partial charge in [-0.25, -0.2) is 4.39 Å². The average Bonchev–Trinajstić information content (AvgIpc) is 2.71. The zero-order chi connectivity index (χ0) is 19.9. The molecule has 0 saturated carbocycles. The zero-order valence-corrected chi connectivity index (χ0v) is 18.1. The van der Waals surface area contributed by atoms with E-state index in [1.54, 1.807) is 31.4 Å². The van der Waals surface area contributed by atoms with E-state index >= 15 is 0 Å². The van der Waals surface area contributed by atoms with E-state index in [4.69, 9.17) is 32.7 Å². The van der Waals surface area contributed by atoms with Gasteiger partial charge in [0.1, 0.15) is 12.4 Å². The van der Waals surface area contributed by atoms with Crippen LogP contribution in [0.1, 0.15) is 16.7 Å². The molecule has 0 aliphatic heterocycles. The summed E-state index contributed by atoms with van der Waals surface area (Å²) in [6, 6.07) is 17.6. The van der Waals surface area contributed by atoms with Crippen LogP contribution >= 0.6 is 35.6 Å². The molecule has 0 aromatic heterocycles. The Bertz CT molecular complexity index is 936. The number of hydrogen-bond acceptors (Lipinski definition) is 3. The normalized spacial score (nSPS) is 10.3. The predicted octanol–water partition coefficient (Wildman–Crippen LogP) is 6.43. The molecule has 0 bridgehead atoms. The summed E-state index contributed by atoms with van der Waals surface area (Å²) < 4.78 is 24.3. The van der Waals surface area contributed by atoms with E-state index in [1.807, 2.05) is 24.3 Å². The van der Waals surface area contributed by atoms with Gasteiger partial charge >= 0.3 is 0 Å². The van der Waals surface area contributed by atoms with Gasteiger partial charge in [-0.3, -0.25) is 0 Å². The Kier molecular flexibility index (Phi) is 9.05. The van der Waals surface area contributed by atoms with Crippen molar-refractivity contribution < 1.29 is 13.9 Å². The smallest absolute Gasteiger partial charge is 0.161 e. The largest absolute Gasteiger partial charge is 0.493 e. The van der Waals surface area contributed by atoms with Crippen molar-refractivity contribution in [2.45, 2.75) is 19.7 Å². The number of nitrogens with one attached hydrogen (secondary N) is 1. The molecule has 29 heavy (non-hydrogen) atoms. The number of ether oxygens (including phenoxy) is 2. The van der Waals surface area contributed by atoms with Crippen molar-refractivity contribution in [3.05, 3.63) is 93.2 Å². The first kappa shape index (κ1) is 23.3. The molecule has 0 fully saturated rings.